The van der Waals surface area contributed by atoms with E-state index in [0.29, 0.717) is 5.92 Å². The van der Waals surface area contributed by atoms with Crippen LogP contribution in [-0.4, -0.2) is 7.11 Å². The van der Waals surface area contributed by atoms with Gasteiger partial charge < -0.3 is 4.74 Å². The van der Waals surface area contributed by atoms with Crippen LogP contribution in [0.4, 0.5) is 0 Å². The normalized spacial score (nSPS) is 21.5. The summed E-state index contributed by atoms with van der Waals surface area (Å²) in [6.07, 6.45) is 10.7. The Morgan fingerprint density at radius 1 is 1.00 bits per heavy atom. The molecule has 0 saturated heterocycles. The summed E-state index contributed by atoms with van der Waals surface area (Å²) in [7, 11) is 1.82. The van der Waals surface area contributed by atoms with Gasteiger partial charge in [-0.25, -0.2) is 0 Å². The molecule has 1 heteroatoms. The lowest BCUT2D eigenvalue weighted by molar-refractivity contribution is 0.227. The van der Waals surface area contributed by atoms with Gasteiger partial charge in [0.2, 0.25) is 0 Å². The van der Waals surface area contributed by atoms with E-state index in [1.54, 1.807) is 0 Å². The maximum absolute atomic E-state index is 5.91. The summed E-state index contributed by atoms with van der Waals surface area (Å²) in [6, 6.07) is 20.6. The first-order valence-corrected chi connectivity index (χ1v) is 12.3. The number of ether oxygens (including phenoxy) is 1. The Balaban J connectivity index is 1.79. The highest BCUT2D eigenvalue weighted by Crippen LogP contribution is 2.48. The average molecular weight is 427 g/mol. The molecule has 2 unspecified atom stereocenters. The predicted octanol–water partition coefficient (Wildman–Crippen LogP) is 9.05. The van der Waals surface area contributed by atoms with Gasteiger partial charge in [-0.1, -0.05) is 82.2 Å². The molecule has 0 spiro atoms. The van der Waals surface area contributed by atoms with E-state index in [-0.39, 0.29) is 5.41 Å². The molecule has 0 bridgehead atoms. The third kappa shape index (κ3) is 4.49. The molecule has 168 valence electrons. The van der Waals surface area contributed by atoms with Crippen molar-refractivity contribution in [2.45, 2.75) is 71.1 Å². The molecular formula is C31H38O. The highest BCUT2D eigenvalue weighted by molar-refractivity contribution is 5.88. The van der Waals surface area contributed by atoms with Crippen LogP contribution in [-0.2, 0) is 5.41 Å². The van der Waals surface area contributed by atoms with Crippen molar-refractivity contribution in [3.8, 4) is 16.9 Å². The third-order valence-corrected chi connectivity index (χ3v) is 7.47. The summed E-state index contributed by atoms with van der Waals surface area (Å²) in [5.74, 6) is 2.34. The average Bonchev–Trinajstić information content (AvgIpc) is 2.81. The quantitative estimate of drug-likeness (QED) is 0.357. The fourth-order valence-electron chi connectivity index (χ4n) is 5.65. The molecule has 0 radical (unpaired) electrons. The fraction of sp³-hybridized carbons (Fsp3) is 0.419. The van der Waals surface area contributed by atoms with Gasteiger partial charge in [0.15, 0.2) is 0 Å². The van der Waals surface area contributed by atoms with Crippen molar-refractivity contribution in [2.24, 2.45) is 5.92 Å². The van der Waals surface area contributed by atoms with Gasteiger partial charge in [0, 0.05) is 11.0 Å². The van der Waals surface area contributed by atoms with Crippen molar-refractivity contribution in [1.29, 1.82) is 0 Å². The molecule has 2 atom stereocenters. The highest BCUT2D eigenvalue weighted by Gasteiger charge is 2.37. The molecule has 3 aromatic carbocycles. The molecule has 3 aromatic rings. The van der Waals surface area contributed by atoms with Crippen LogP contribution < -0.4 is 4.74 Å². The molecule has 1 nitrogen and oxygen atoms in total. The second-order valence-electron chi connectivity index (χ2n) is 10.1. The van der Waals surface area contributed by atoms with Crippen LogP contribution in [0.2, 0.25) is 0 Å². The maximum Gasteiger partial charge on any atom is 0.122 e. The molecule has 1 fully saturated rings. The minimum absolute atomic E-state index is 0.161. The lowest BCUT2D eigenvalue weighted by Gasteiger charge is -2.41. The van der Waals surface area contributed by atoms with Crippen molar-refractivity contribution in [3.63, 3.8) is 0 Å². The lowest BCUT2D eigenvalue weighted by Crippen LogP contribution is -2.32. The Labute approximate surface area is 194 Å². The van der Waals surface area contributed by atoms with E-state index in [1.807, 2.05) is 7.11 Å². The van der Waals surface area contributed by atoms with Gasteiger partial charge in [-0.2, -0.15) is 0 Å². The maximum atomic E-state index is 5.91. The van der Waals surface area contributed by atoms with Gasteiger partial charge in [0.05, 0.1) is 7.11 Å². The first-order chi connectivity index (χ1) is 15.5. The Bertz CT molecular complexity index is 1110. The number of fused-ring (bicyclic) bond motifs is 1. The van der Waals surface area contributed by atoms with Crippen molar-refractivity contribution < 1.29 is 4.74 Å². The summed E-state index contributed by atoms with van der Waals surface area (Å²) in [5, 5.41) is 2.62. The van der Waals surface area contributed by atoms with Crippen LogP contribution in [0.25, 0.3) is 21.9 Å². The first kappa shape index (κ1) is 22.6. The molecule has 1 aliphatic rings. The molecule has 32 heavy (non-hydrogen) atoms. The van der Waals surface area contributed by atoms with Crippen LogP contribution in [0.1, 0.15) is 76.8 Å². The summed E-state index contributed by atoms with van der Waals surface area (Å²) in [6.45, 7) is 9.05. The Kier molecular flexibility index (Phi) is 6.74. The third-order valence-electron chi connectivity index (χ3n) is 7.47. The highest BCUT2D eigenvalue weighted by atomic mass is 16.5. The largest absolute Gasteiger partial charge is 0.496 e. The molecular weight excluding hydrogens is 388 g/mol. The van der Waals surface area contributed by atoms with Crippen molar-refractivity contribution in [1.82, 2.24) is 0 Å². The van der Waals surface area contributed by atoms with E-state index >= 15 is 0 Å². The lowest BCUT2D eigenvalue weighted by atomic mass is 9.64. The molecule has 1 saturated carbocycles. The number of hydrogen-bond acceptors (Lipinski definition) is 1. The predicted molar refractivity (Wildman–Crippen MR) is 139 cm³/mol. The minimum atomic E-state index is 0.161. The monoisotopic (exact) mass is 426 g/mol. The SMILES string of the molecule is C/C=C\CC1(c2cc(-c3ccc4cc(C(C)C)ccc4c3)ccc2OC)CCCC(C)C1. The second kappa shape index (κ2) is 9.53. The Hall–Kier alpha value is -2.54. The molecule has 0 aliphatic heterocycles. The van der Waals surface area contributed by atoms with E-state index in [4.69, 9.17) is 4.74 Å². The molecule has 1 aliphatic carbocycles. The smallest absolute Gasteiger partial charge is 0.122 e. The van der Waals surface area contributed by atoms with Crippen LogP contribution in [0.15, 0.2) is 66.7 Å². The molecule has 0 amide bonds. The number of hydrogen-bond donors (Lipinski definition) is 0. The molecule has 0 heterocycles. The molecule has 0 aromatic heterocycles. The van der Waals surface area contributed by atoms with Gasteiger partial charge >= 0.3 is 0 Å². The van der Waals surface area contributed by atoms with Crippen LogP contribution in [0.3, 0.4) is 0 Å². The number of benzene rings is 3. The zero-order valence-electron chi connectivity index (χ0n) is 20.4. The van der Waals surface area contributed by atoms with Gasteiger partial charge in [-0.05, 0) is 83.7 Å². The van der Waals surface area contributed by atoms with Crippen LogP contribution in [0.5, 0.6) is 5.75 Å². The summed E-state index contributed by atoms with van der Waals surface area (Å²) < 4.78 is 5.91. The number of allylic oxidation sites excluding steroid dienone is 2. The van der Waals surface area contributed by atoms with Gasteiger partial charge in [-0.15, -0.1) is 0 Å². The van der Waals surface area contributed by atoms with E-state index < -0.39 is 0 Å². The Morgan fingerprint density at radius 2 is 1.72 bits per heavy atom. The van der Waals surface area contributed by atoms with E-state index in [1.165, 1.54) is 58.7 Å². The fourth-order valence-corrected chi connectivity index (χ4v) is 5.65. The van der Waals surface area contributed by atoms with Crippen LogP contribution >= 0.6 is 0 Å². The Morgan fingerprint density at radius 3 is 2.44 bits per heavy atom. The van der Waals surface area contributed by atoms with E-state index in [0.717, 1.165) is 18.1 Å². The van der Waals surface area contributed by atoms with Crippen molar-refractivity contribution in [2.75, 3.05) is 7.11 Å². The van der Waals surface area contributed by atoms with Gasteiger partial charge in [0.1, 0.15) is 5.75 Å². The van der Waals surface area contributed by atoms with E-state index in [9.17, 15) is 0 Å². The number of rotatable bonds is 6. The van der Waals surface area contributed by atoms with Gasteiger partial charge in [0.25, 0.3) is 0 Å². The second-order valence-corrected chi connectivity index (χ2v) is 10.1. The summed E-state index contributed by atoms with van der Waals surface area (Å²) in [5.41, 5.74) is 5.51. The number of methoxy groups -OCH3 is 1. The molecule has 4 rings (SSSR count). The summed E-state index contributed by atoms with van der Waals surface area (Å²) in [4.78, 5) is 0. The zero-order valence-corrected chi connectivity index (χ0v) is 20.4. The van der Waals surface area contributed by atoms with Gasteiger partial charge in [-0.3, -0.25) is 0 Å². The van der Waals surface area contributed by atoms with Crippen molar-refractivity contribution >= 4 is 10.8 Å². The van der Waals surface area contributed by atoms with E-state index in [2.05, 4.69) is 94.4 Å². The first-order valence-electron chi connectivity index (χ1n) is 12.3. The minimum Gasteiger partial charge on any atom is -0.496 e. The van der Waals surface area contributed by atoms with Crippen molar-refractivity contribution in [3.05, 3.63) is 77.9 Å². The van der Waals surface area contributed by atoms with Crippen LogP contribution in [0, 0.1) is 5.92 Å². The standard InChI is InChI=1S/C31H38O/c1-6-7-16-31(17-8-9-23(4)21-31)29-20-28(14-15-30(29)32-5)27-13-12-25-18-24(22(2)3)10-11-26(25)19-27/h6-7,10-15,18-20,22-23H,8-9,16-17,21H2,1-5H3/b7-6-. The summed E-state index contributed by atoms with van der Waals surface area (Å²) >= 11 is 0. The zero-order chi connectivity index (χ0) is 22.7. The topological polar surface area (TPSA) is 9.23 Å². The molecule has 0 N–H and O–H groups in total.